The van der Waals surface area contributed by atoms with E-state index in [1.54, 1.807) is 17.5 Å². The van der Waals surface area contributed by atoms with Crippen LogP contribution in [0.2, 0.25) is 0 Å². The zero-order valence-corrected chi connectivity index (χ0v) is 12.8. The normalized spacial score (nSPS) is 10.6. The van der Waals surface area contributed by atoms with Gasteiger partial charge in [0.1, 0.15) is 0 Å². The van der Waals surface area contributed by atoms with E-state index in [9.17, 15) is 4.79 Å². The monoisotopic (exact) mass is 290 g/mol. The summed E-state index contributed by atoms with van der Waals surface area (Å²) in [6.45, 7) is 6.14. The fourth-order valence-electron chi connectivity index (χ4n) is 1.86. The first-order chi connectivity index (χ1) is 9.56. The lowest BCUT2D eigenvalue weighted by atomic mass is 10.2. The number of thiazole rings is 1. The third-order valence-corrected chi connectivity index (χ3v) is 3.90. The molecule has 2 aromatic heterocycles. The largest absolute Gasteiger partial charge is 0.354 e. The first-order valence-corrected chi connectivity index (χ1v) is 7.43. The van der Waals surface area contributed by atoms with E-state index in [0.29, 0.717) is 17.2 Å². The van der Waals surface area contributed by atoms with Crippen molar-refractivity contribution in [2.75, 3.05) is 11.9 Å². The van der Waals surface area contributed by atoms with E-state index in [1.165, 1.54) is 6.92 Å². The second kappa shape index (κ2) is 6.56. The summed E-state index contributed by atoms with van der Waals surface area (Å²) in [5.41, 5.74) is 2.37. The second-order valence-corrected chi connectivity index (χ2v) is 5.60. The molecule has 2 aromatic rings. The summed E-state index contributed by atoms with van der Waals surface area (Å²) >= 11 is 1.70. The number of aromatic nitrogens is 3. The molecule has 1 N–H and O–H groups in total. The van der Waals surface area contributed by atoms with Crippen LogP contribution in [0.5, 0.6) is 0 Å². The zero-order valence-electron chi connectivity index (χ0n) is 11.9. The number of Topliss-reactive ketones (excluding diaryl/α,β-unsaturated/α-hetero) is 1. The lowest BCUT2D eigenvalue weighted by molar-refractivity contribution is 0.101. The maximum absolute atomic E-state index is 11.3. The molecule has 106 valence electrons. The van der Waals surface area contributed by atoms with Gasteiger partial charge in [0.15, 0.2) is 5.78 Å². The average Bonchev–Trinajstić information content (AvgIpc) is 2.80. The Morgan fingerprint density at radius 2 is 2.15 bits per heavy atom. The minimum atomic E-state index is -0.00631. The Bertz CT molecular complexity index is 609. The molecule has 0 aliphatic heterocycles. The van der Waals surface area contributed by atoms with Gasteiger partial charge in [-0.05, 0) is 27.2 Å². The van der Waals surface area contributed by atoms with E-state index in [-0.39, 0.29) is 5.78 Å². The lowest BCUT2D eigenvalue weighted by Gasteiger charge is -2.06. The van der Waals surface area contributed by atoms with Gasteiger partial charge in [0.2, 0.25) is 5.95 Å². The SMILES string of the molecule is CC(=O)c1cnc(NCCCc2nc(C)cs2)nc1C. The first-order valence-electron chi connectivity index (χ1n) is 6.55. The molecule has 0 fully saturated rings. The number of carbonyl (C=O) groups is 1. The van der Waals surface area contributed by atoms with Gasteiger partial charge < -0.3 is 5.32 Å². The number of nitrogens with one attached hydrogen (secondary N) is 1. The molecule has 5 nitrogen and oxygen atoms in total. The maximum Gasteiger partial charge on any atom is 0.222 e. The van der Waals surface area contributed by atoms with Crippen molar-refractivity contribution in [3.8, 4) is 0 Å². The van der Waals surface area contributed by atoms with Crippen LogP contribution in [0.15, 0.2) is 11.6 Å². The van der Waals surface area contributed by atoms with E-state index in [4.69, 9.17) is 0 Å². The van der Waals surface area contributed by atoms with Gasteiger partial charge in [-0.15, -0.1) is 11.3 Å². The van der Waals surface area contributed by atoms with Crippen LogP contribution >= 0.6 is 11.3 Å². The van der Waals surface area contributed by atoms with Gasteiger partial charge in [-0.1, -0.05) is 0 Å². The Morgan fingerprint density at radius 1 is 1.35 bits per heavy atom. The van der Waals surface area contributed by atoms with Gasteiger partial charge in [0.25, 0.3) is 0 Å². The van der Waals surface area contributed by atoms with Crippen molar-refractivity contribution in [2.45, 2.75) is 33.6 Å². The third-order valence-electron chi connectivity index (χ3n) is 2.88. The maximum atomic E-state index is 11.3. The van der Waals surface area contributed by atoms with Crippen molar-refractivity contribution in [3.63, 3.8) is 0 Å². The van der Waals surface area contributed by atoms with E-state index in [0.717, 1.165) is 30.1 Å². The fraction of sp³-hybridized carbons (Fsp3) is 0.429. The second-order valence-electron chi connectivity index (χ2n) is 4.66. The van der Waals surface area contributed by atoms with Gasteiger partial charge in [0.05, 0.1) is 16.3 Å². The smallest absolute Gasteiger partial charge is 0.222 e. The molecular formula is C14H18N4OS. The highest BCUT2D eigenvalue weighted by atomic mass is 32.1. The predicted octanol–water partition coefficient (Wildman–Crippen LogP) is 2.80. The Morgan fingerprint density at radius 3 is 2.75 bits per heavy atom. The minimum absolute atomic E-state index is 0.00631. The lowest BCUT2D eigenvalue weighted by Crippen LogP contribution is -2.09. The highest BCUT2D eigenvalue weighted by molar-refractivity contribution is 7.09. The highest BCUT2D eigenvalue weighted by Gasteiger charge is 2.07. The zero-order chi connectivity index (χ0) is 14.5. The van der Waals surface area contributed by atoms with Crippen LogP contribution in [0.4, 0.5) is 5.95 Å². The number of aryl methyl sites for hydroxylation is 3. The number of carbonyl (C=O) groups excluding carboxylic acids is 1. The molecule has 0 aliphatic carbocycles. The van der Waals surface area contributed by atoms with Gasteiger partial charge in [-0.25, -0.2) is 15.0 Å². The van der Waals surface area contributed by atoms with Gasteiger partial charge in [0, 0.05) is 30.2 Å². The van der Waals surface area contributed by atoms with Crippen molar-refractivity contribution in [2.24, 2.45) is 0 Å². The molecule has 2 heterocycles. The molecule has 0 radical (unpaired) electrons. The molecular weight excluding hydrogens is 272 g/mol. The van der Waals surface area contributed by atoms with Crippen LogP contribution in [0.25, 0.3) is 0 Å². The topological polar surface area (TPSA) is 67.8 Å². The molecule has 0 unspecified atom stereocenters. The number of nitrogens with zero attached hydrogens (tertiary/aromatic N) is 3. The summed E-state index contributed by atoms with van der Waals surface area (Å²) in [6.07, 6.45) is 3.51. The number of hydrogen-bond acceptors (Lipinski definition) is 6. The quantitative estimate of drug-likeness (QED) is 0.654. The Labute approximate surface area is 122 Å². The third kappa shape index (κ3) is 3.84. The standard InChI is InChI=1S/C14H18N4OS/c1-9-8-20-13(17-9)5-4-6-15-14-16-7-12(11(3)19)10(2)18-14/h7-8H,4-6H2,1-3H3,(H,15,16,18). The summed E-state index contributed by atoms with van der Waals surface area (Å²) in [5, 5.41) is 6.40. The molecule has 2 rings (SSSR count). The molecule has 0 aromatic carbocycles. The summed E-state index contributed by atoms with van der Waals surface area (Å²) in [5.74, 6) is 0.566. The van der Waals surface area contributed by atoms with Gasteiger partial charge in [-0.3, -0.25) is 4.79 Å². The van der Waals surface area contributed by atoms with Crippen LogP contribution < -0.4 is 5.32 Å². The Kier molecular flexibility index (Phi) is 4.79. The van der Waals surface area contributed by atoms with Crippen LogP contribution in [0, 0.1) is 13.8 Å². The van der Waals surface area contributed by atoms with Crippen LogP contribution in [-0.2, 0) is 6.42 Å². The molecule has 0 spiro atoms. The van der Waals surface area contributed by atoms with E-state index in [1.807, 2.05) is 13.8 Å². The van der Waals surface area contributed by atoms with Crippen LogP contribution in [0.3, 0.4) is 0 Å². The van der Waals surface area contributed by atoms with Crippen molar-refractivity contribution in [3.05, 3.63) is 33.5 Å². The van der Waals surface area contributed by atoms with E-state index >= 15 is 0 Å². The molecule has 0 bridgehead atoms. The van der Waals surface area contributed by atoms with Crippen molar-refractivity contribution in [1.82, 2.24) is 15.0 Å². The fourth-order valence-corrected chi connectivity index (χ4v) is 2.67. The molecule has 0 saturated carbocycles. The Balaban J connectivity index is 1.82. The van der Waals surface area contributed by atoms with Crippen molar-refractivity contribution in [1.29, 1.82) is 0 Å². The summed E-state index contributed by atoms with van der Waals surface area (Å²) in [7, 11) is 0. The van der Waals surface area contributed by atoms with Gasteiger partial charge in [-0.2, -0.15) is 0 Å². The summed E-state index contributed by atoms with van der Waals surface area (Å²) < 4.78 is 0. The first kappa shape index (κ1) is 14.6. The number of rotatable bonds is 6. The highest BCUT2D eigenvalue weighted by Crippen LogP contribution is 2.11. The summed E-state index contributed by atoms with van der Waals surface area (Å²) in [4.78, 5) is 24.2. The number of anilines is 1. The molecule has 0 atom stereocenters. The predicted molar refractivity (Wildman–Crippen MR) is 80.4 cm³/mol. The van der Waals surface area contributed by atoms with E-state index in [2.05, 4.69) is 25.6 Å². The van der Waals surface area contributed by atoms with Crippen LogP contribution in [0.1, 0.15) is 40.1 Å². The molecule has 0 saturated heterocycles. The number of hydrogen-bond donors (Lipinski definition) is 1. The van der Waals surface area contributed by atoms with Crippen molar-refractivity contribution >= 4 is 23.1 Å². The Hall–Kier alpha value is -1.82. The average molecular weight is 290 g/mol. The van der Waals surface area contributed by atoms with Gasteiger partial charge >= 0.3 is 0 Å². The molecule has 20 heavy (non-hydrogen) atoms. The van der Waals surface area contributed by atoms with Crippen LogP contribution in [-0.4, -0.2) is 27.3 Å². The van der Waals surface area contributed by atoms with Crippen molar-refractivity contribution < 1.29 is 4.79 Å². The number of ketones is 1. The molecule has 0 aliphatic rings. The minimum Gasteiger partial charge on any atom is -0.354 e. The summed E-state index contributed by atoms with van der Waals surface area (Å²) in [6, 6.07) is 0. The van der Waals surface area contributed by atoms with E-state index < -0.39 is 0 Å². The molecule has 6 heteroatoms. The molecule has 0 amide bonds.